The lowest BCUT2D eigenvalue weighted by Gasteiger charge is -2.27. The van der Waals surface area contributed by atoms with Crippen molar-refractivity contribution in [2.75, 3.05) is 13.1 Å². The lowest BCUT2D eigenvalue weighted by atomic mass is 10.1. The maximum absolute atomic E-state index is 12.8. The number of amides is 1. The molecular formula is C20H23ClN4O. The minimum absolute atomic E-state index is 0.0788. The van der Waals surface area contributed by atoms with Crippen LogP contribution in [-0.2, 0) is 11.2 Å². The van der Waals surface area contributed by atoms with Gasteiger partial charge in [0, 0.05) is 30.2 Å². The molecule has 0 aliphatic carbocycles. The molecule has 0 saturated carbocycles. The van der Waals surface area contributed by atoms with Gasteiger partial charge >= 0.3 is 0 Å². The summed E-state index contributed by atoms with van der Waals surface area (Å²) in [4.78, 5) is 19.7. The molecule has 1 aromatic carbocycles. The van der Waals surface area contributed by atoms with E-state index in [-0.39, 0.29) is 18.0 Å². The molecule has 1 aromatic heterocycles. The van der Waals surface area contributed by atoms with Gasteiger partial charge in [-0.25, -0.2) is 5.43 Å². The number of carbonyl (C=O) groups is 1. The van der Waals surface area contributed by atoms with E-state index in [2.05, 4.69) is 10.9 Å². The number of aromatic nitrogens is 1. The molecule has 2 aliphatic heterocycles. The second-order valence-electron chi connectivity index (χ2n) is 6.96. The van der Waals surface area contributed by atoms with E-state index < -0.39 is 0 Å². The van der Waals surface area contributed by atoms with Gasteiger partial charge in [0.2, 0.25) is 5.91 Å². The summed E-state index contributed by atoms with van der Waals surface area (Å²) < 4.78 is 0. The fourth-order valence-corrected chi connectivity index (χ4v) is 3.93. The highest BCUT2D eigenvalue weighted by Gasteiger charge is 2.35. The van der Waals surface area contributed by atoms with Crippen LogP contribution in [0.5, 0.6) is 0 Å². The van der Waals surface area contributed by atoms with Crippen molar-refractivity contribution in [2.24, 2.45) is 0 Å². The fraction of sp³-hybridized carbons (Fsp3) is 0.400. The normalized spacial score (nSPS) is 22.7. The van der Waals surface area contributed by atoms with Crippen LogP contribution in [0.1, 0.15) is 42.3 Å². The summed E-state index contributed by atoms with van der Waals surface area (Å²) in [5, 5.41) is 0.741. The molecule has 5 nitrogen and oxygen atoms in total. The molecule has 1 amide bonds. The molecule has 0 spiro atoms. The van der Waals surface area contributed by atoms with Gasteiger partial charge < -0.3 is 4.90 Å². The van der Waals surface area contributed by atoms with Gasteiger partial charge in [-0.15, -0.1) is 0 Å². The molecular weight excluding hydrogens is 348 g/mol. The lowest BCUT2D eigenvalue weighted by Crippen LogP contribution is -2.45. The molecule has 2 saturated heterocycles. The van der Waals surface area contributed by atoms with Crippen LogP contribution in [0.25, 0.3) is 0 Å². The van der Waals surface area contributed by atoms with Crippen LogP contribution in [0.15, 0.2) is 42.5 Å². The van der Waals surface area contributed by atoms with Crippen LogP contribution in [0, 0.1) is 0 Å². The molecule has 0 bridgehead atoms. The van der Waals surface area contributed by atoms with Crippen molar-refractivity contribution in [2.45, 2.75) is 37.8 Å². The Bertz CT molecular complexity index is 774. The number of benzene rings is 1. The van der Waals surface area contributed by atoms with Crippen LogP contribution in [0.4, 0.5) is 0 Å². The van der Waals surface area contributed by atoms with Crippen molar-refractivity contribution in [1.29, 1.82) is 0 Å². The number of pyridine rings is 1. The highest BCUT2D eigenvalue weighted by molar-refractivity contribution is 6.30. The minimum Gasteiger partial charge on any atom is -0.333 e. The molecule has 2 atom stereocenters. The molecule has 2 fully saturated rings. The Labute approximate surface area is 158 Å². The van der Waals surface area contributed by atoms with Crippen LogP contribution in [0.3, 0.4) is 0 Å². The van der Waals surface area contributed by atoms with Crippen molar-refractivity contribution < 1.29 is 4.79 Å². The summed E-state index contributed by atoms with van der Waals surface area (Å²) >= 11 is 5.96. The molecule has 0 radical (unpaired) electrons. The first-order chi connectivity index (χ1) is 12.7. The first-order valence-electron chi connectivity index (χ1n) is 9.20. The van der Waals surface area contributed by atoms with E-state index in [1.54, 1.807) is 0 Å². The Morgan fingerprint density at radius 1 is 1.19 bits per heavy atom. The van der Waals surface area contributed by atoms with Gasteiger partial charge in [0.15, 0.2) is 0 Å². The molecule has 26 heavy (non-hydrogen) atoms. The van der Waals surface area contributed by atoms with Gasteiger partial charge in [0.05, 0.1) is 11.7 Å². The van der Waals surface area contributed by atoms with E-state index in [0.29, 0.717) is 0 Å². The smallest absolute Gasteiger partial charge is 0.241 e. The Balaban J connectivity index is 1.51. The number of halogens is 1. The summed E-state index contributed by atoms with van der Waals surface area (Å²) in [6.07, 6.45) is 3.61. The summed E-state index contributed by atoms with van der Waals surface area (Å²) in [5.41, 5.74) is 9.32. The number of hydrogen-bond donors (Lipinski definition) is 2. The standard InChI is InChI=1S/C20H23ClN4O/c21-15-8-6-14(7-9-15)13-16-3-1-4-17(23-16)19-5-2-12-25(19)20(26)18-10-11-22-24-18/h1,3-4,6-9,18-19,22,24H,2,5,10-13H2. The van der Waals surface area contributed by atoms with Gasteiger partial charge in [-0.1, -0.05) is 29.8 Å². The zero-order valence-electron chi connectivity index (χ0n) is 14.6. The zero-order valence-corrected chi connectivity index (χ0v) is 15.4. The molecule has 2 unspecified atom stereocenters. The third-order valence-corrected chi connectivity index (χ3v) is 5.39. The van der Waals surface area contributed by atoms with E-state index >= 15 is 0 Å². The van der Waals surface area contributed by atoms with E-state index in [1.165, 1.54) is 5.56 Å². The Kier molecular flexibility index (Phi) is 5.20. The minimum atomic E-state index is -0.118. The largest absolute Gasteiger partial charge is 0.333 e. The summed E-state index contributed by atoms with van der Waals surface area (Å²) in [7, 11) is 0. The monoisotopic (exact) mass is 370 g/mol. The second kappa shape index (κ2) is 7.74. The number of likely N-dealkylation sites (tertiary alicyclic amines) is 1. The van der Waals surface area contributed by atoms with E-state index in [4.69, 9.17) is 16.6 Å². The predicted octanol–water partition coefficient (Wildman–Crippen LogP) is 2.86. The van der Waals surface area contributed by atoms with Crippen LogP contribution < -0.4 is 10.9 Å². The molecule has 6 heteroatoms. The molecule has 3 heterocycles. The van der Waals surface area contributed by atoms with E-state index in [1.807, 2.05) is 47.4 Å². The van der Waals surface area contributed by atoms with Crippen molar-refractivity contribution in [3.8, 4) is 0 Å². The molecule has 136 valence electrons. The van der Waals surface area contributed by atoms with Gasteiger partial charge in [0.25, 0.3) is 0 Å². The average molecular weight is 371 g/mol. The highest BCUT2D eigenvalue weighted by Crippen LogP contribution is 2.32. The van der Waals surface area contributed by atoms with Crippen LogP contribution >= 0.6 is 11.6 Å². The van der Waals surface area contributed by atoms with Gasteiger partial charge in [-0.2, -0.15) is 0 Å². The maximum Gasteiger partial charge on any atom is 0.241 e. The lowest BCUT2D eigenvalue weighted by molar-refractivity contribution is -0.134. The predicted molar refractivity (Wildman–Crippen MR) is 102 cm³/mol. The third kappa shape index (κ3) is 3.75. The van der Waals surface area contributed by atoms with Crippen molar-refractivity contribution in [3.05, 3.63) is 64.4 Å². The van der Waals surface area contributed by atoms with Gasteiger partial charge in [-0.3, -0.25) is 15.2 Å². The number of rotatable bonds is 4. The van der Waals surface area contributed by atoms with Crippen LogP contribution in [-0.4, -0.2) is 34.9 Å². The van der Waals surface area contributed by atoms with Crippen molar-refractivity contribution in [1.82, 2.24) is 20.7 Å². The molecule has 2 aromatic rings. The number of nitrogens with one attached hydrogen (secondary N) is 2. The van der Waals surface area contributed by atoms with Crippen molar-refractivity contribution in [3.63, 3.8) is 0 Å². The summed E-state index contributed by atoms with van der Waals surface area (Å²) in [5.74, 6) is 0.183. The summed E-state index contributed by atoms with van der Waals surface area (Å²) in [6, 6.07) is 14.0. The van der Waals surface area contributed by atoms with Crippen molar-refractivity contribution >= 4 is 17.5 Å². The first kappa shape index (κ1) is 17.5. The average Bonchev–Trinajstić information content (AvgIpc) is 3.35. The summed E-state index contributed by atoms with van der Waals surface area (Å²) in [6.45, 7) is 1.65. The van der Waals surface area contributed by atoms with Crippen LogP contribution in [0.2, 0.25) is 5.02 Å². The SMILES string of the molecule is O=C(C1CCNN1)N1CCCC1c1cccc(Cc2ccc(Cl)cc2)n1. The number of hydrazine groups is 1. The number of nitrogens with zero attached hydrogens (tertiary/aromatic N) is 2. The van der Waals surface area contributed by atoms with Gasteiger partial charge in [0.1, 0.15) is 6.04 Å². The second-order valence-corrected chi connectivity index (χ2v) is 7.40. The zero-order chi connectivity index (χ0) is 17.9. The molecule has 2 N–H and O–H groups in total. The Morgan fingerprint density at radius 3 is 2.81 bits per heavy atom. The quantitative estimate of drug-likeness (QED) is 0.868. The van der Waals surface area contributed by atoms with Gasteiger partial charge in [-0.05, 0) is 49.1 Å². The number of hydrogen-bond acceptors (Lipinski definition) is 4. The third-order valence-electron chi connectivity index (χ3n) is 5.14. The highest BCUT2D eigenvalue weighted by atomic mass is 35.5. The Hall–Kier alpha value is -1.95. The number of carbonyl (C=O) groups excluding carboxylic acids is 1. The maximum atomic E-state index is 12.8. The Morgan fingerprint density at radius 2 is 2.04 bits per heavy atom. The molecule has 4 rings (SSSR count). The first-order valence-corrected chi connectivity index (χ1v) is 9.57. The molecule has 2 aliphatic rings. The van der Waals surface area contributed by atoms with E-state index in [9.17, 15) is 4.79 Å². The fourth-order valence-electron chi connectivity index (χ4n) is 3.80. The topological polar surface area (TPSA) is 57.3 Å². The van der Waals surface area contributed by atoms with E-state index in [0.717, 1.165) is 55.2 Å².